The summed E-state index contributed by atoms with van der Waals surface area (Å²) in [6, 6.07) is 2.22. The Morgan fingerprint density at radius 1 is 1.09 bits per heavy atom. The van der Waals surface area contributed by atoms with Gasteiger partial charge in [-0.3, -0.25) is 0 Å². The second-order valence-corrected chi connectivity index (χ2v) is 4.37. The Bertz CT molecular complexity index is 657. The maximum absolute atomic E-state index is 12.4. The number of pyridine rings is 2. The minimum atomic E-state index is -0.674. The van der Waals surface area contributed by atoms with Crippen LogP contribution < -0.4 is 11.5 Å². The van der Waals surface area contributed by atoms with Crippen LogP contribution in [0.4, 0.5) is 20.2 Å². The number of halogens is 3. The van der Waals surface area contributed by atoms with Gasteiger partial charge in [0.2, 0.25) is 0 Å². The Morgan fingerprint density at radius 3 is 1.96 bits per heavy atom. The summed E-state index contributed by atoms with van der Waals surface area (Å²) in [5.74, 6) is -1.68. The molecule has 2 heterocycles. The van der Waals surface area contributed by atoms with Gasteiger partial charge in [-0.15, -0.1) is 0 Å². The van der Waals surface area contributed by atoms with E-state index in [1.807, 2.05) is 0 Å². The highest BCUT2D eigenvalue weighted by Gasteiger charge is 2.11. The van der Waals surface area contributed by atoms with Crippen LogP contribution in [0.2, 0.25) is 0 Å². The summed E-state index contributed by atoms with van der Waals surface area (Å²) in [5, 5.41) is 0. The number of ether oxygens (including phenoxy) is 1. The predicted octanol–water partition coefficient (Wildman–Crippen LogP) is 3.43. The molecule has 9 heteroatoms. The van der Waals surface area contributed by atoms with E-state index in [1.54, 1.807) is 0 Å². The van der Waals surface area contributed by atoms with Crippen LogP contribution in [0.1, 0.15) is 25.3 Å². The molecule has 4 N–H and O–H groups in total. The Kier molecular flexibility index (Phi) is 10.4. The summed E-state index contributed by atoms with van der Waals surface area (Å²) in [6.45, 7) is 0. The lowest BCUT2D eigenvalue weighted by molar-refractivity contribution is 0.0595. The lowest BCUT2D eigenvalue weighted by Crippen LogP contribution is -2.08. The number of methoxy groups -OCH3 is 1. The van der Waals surface area contributed by atoms with E-state index >= 15 is 0 Å². The van der Waals surface area contributed by atoms with Crippen molar-refractivity contribution in [3.8, 4) is 0 Å². The number of rotatable bonds is 1. The van der Waals surface area contributed by atoms with Gasteiger partial charge in [-0.25, -0.2) is 23.5 Å². The van der Waals surface area contributed by atoms with Crippen molar-refractivity contribution >= 4 is 33.3 Å². The van der Waals surface area contributed by atoms with Gasteiger partial charge in [0.25, 0.3) is 0 Å². The zero-order valence-corrected chi connectivity index (χ0v) is 12.4. The van der Waals surface area contributed by atoms with Crippen molar-refractivity contribution in [2.75, 3.05) is 18.6 Å². The second-order valence-electron chi connectivity index (χ2n) is 3.62. The fourth-order valence-electron chi connectivity index (χ4n) is 1.16. The normalized spacial score (nSPS) is 8.70. The summed E-state index contributed by atoms with van der Waals surface area (Å²) in [7, 11) is 1.20. The monoisotopic (exact) mass is 392 g/mol. The first-order valence-electron chi connectivity index (χ1n) is 5.41. The molecule has 0 aliphatic carbocycles. The number of nitrogen functional groups attached to an aromatic ring is 2. The van der Waals surface area contributed by atoms with E-state index in [4.69, 9.17) is 11.5 Å². The molecule has 0 aromatic carbocycles. The van der Waals surface area contributed by atoms with Gasteiger partial charge in [-0.1, -0.05) is 14.9 Å². The molecule has 0 radical (unpaired) electrons. The number of anilines is 2. The minimum absolute atomic E-state index is 0. The van der Waals surface area contributed by atoms with Crippen molar-refractivity contribution in [2.45, 2.75) is 14.9 Å². The number of esters is 1. The van der Waals surface area contributed by atoms with Gasteiger partial charge in [-0.2, -0.15) is 0 Å². The molecule has 0 spiro atoms. The molecule has 0 amide bonds. The van der Waals surface area contributed by atoms with Crippen molar-refractivity contribution in [3.05, 3.63) is 46.5 Å². The van der Waals surface area contributed by atoms with Gasteiger partial charge in [-0.05, 0) is 15.9 Å². The molecular weight excluding hydrogens is 374 g/mol. The first-order chi connectivity index (χ1) is 9.85. The lowest BCUT2D eigenvalue weighted by atomic mass is 10.3. The van der Waals surface area contributed by atoms with Crippen LogP contribution in [0, 0.1) is 11.6 Å². The minimum Gasteiger partial charge on any atom is -0.464 e. The molecule has 0 saturated carbocycles. The summed E-state index contributed by atoms with van der Waals surface area (Å²) < 4.78 is 29.4. The van der Waals surface area contributed by atoms with E-state index in [2.05, 4.69) is 30.6 Å². The number of hydrogen-bond acceptors (Lipinski definition) is 6. The summed E-state index contributed by atoms with van der Waals surface area (Å²) in [4.78, 5) is 17.9. The van der Waals surface area contributed by atoms with Crippen LogP contribution in [0.3, 0.4) is 0 Å². The molecule has 0 saturated heterocycles. The molecule has 0 aliphatic heterocycles. The van der Waals surface area contributed by atoms with E-state index in [9.17, 15) is 13.6 Å². The van der Waals surface area contributed by atoms with Gasteiger partial charge in [0.15, 0.2) is 5.69 Å². The average molecular weight is 393 g/mol. The van der Waals surface area contributed by atoms with Crippen molar-refractivity contribution < 1.29 is 18.3 Å². The van der Waals surface area contributed by atoms with Gasteiger partial charge in [0.05, 0.1) is 30.9 Å². The third-order valence-corrected chi connectivity index (χ3v) is 2.76. The quantitative estimate of drug-likeness (QED) is 0.568. The fraction of sp³-hybridized carbons (Fsp3) is 0.214. The topological polar surface area (TPSA) is 104 Å². The standard InChI is InChI=1S/C7H7FN2O2.C5H4BrFN2.2CH4/c1-12-7(11)6-5(9)2-4(8)3-10-6;6-5-4(8)1-3(7)2-9-5;;/h2-3H,9H2,1H3;1-2H,8H2;2*1H4. The Morgan fingerprint density at radius 2 is 1.57 bits per heavy atom. The van der Waals surface area contributed by atoms with Gasteiger partial charge >= 0.3 is 5.97 Å². The van der Waals surface area contributed by atoms with Crippen LogP contribution in [-0.4, -0.2) is 23.0 Å². The number of hydrogen-bond donors (Lipinski definition) is 2. The van der Waals surface area contributed by atoms with Crippen LogP contribution in [-0.2, 0) is 4.74 Å². The summed E-state index contributed by atoms with van der Waals surface area (Å²) >= 11 is 3.03. The molecule has 0 aliphatic rings. The first-order valence-corrected chi connectivity index (χ1v) is 6.20. The Hall–Kier alpha value is -2.29. The maximum atomic E-state index is 12.4. The molecular formula is C14H19BrF2N4O2. The molecule has 2 aromatic rings. The number of nitrogens with two attached hydrogens (primary N) is 2. The van der Waals surface area contributed by atoms with Crippen LogP contribution in [0.25, 0.3) is 0 Å². The molecule has 2 rings (SSSR count). The molecule has 23 heavy (non-hydrogen) atoms. The SMILES string of the molecule is C.C.COC(=O)c1ncc(F)cc1N.Nc1cc(F)cnc1Br. The van der Waals surface area contributed by atoms with E-state index < -0.39 is 17.6 Å². The highest BCUT2D eigenvalue weighted by molar-refractivity contribution is 9.10. The van der Waals surface area contributed by atoms with E-state index in [0.717, 1.165) is 18.5 Å². The molecule has 128 valence electrons. The van der Waals surface area contributed by atoms with Crippen molar-refractivity contribution in [3.63, 3.8) is 0 Å². The molecule has 2 aromatic heterocycles. The van der Waals surface area contributed by atoms with Crippen LogP contribution >= 0.6 is 15.9 Å². The second kappa shape index (κ2) is 10.4. The third-order valence-electron chi connectivity index (χ3n) is 2.10. The molecule has 0 fully saturated rings. The third kappa shape index (κ3) is 7.00. The lowest BCUT2D eigenvalue weighted by Gasteiger charge is -2.00. The van der Waals surface area contributed by atoms with E-state index in [-0.39, 0.29) is 26.2 Å². The van der Waals surface area contributed by atoms with Crippen LogP contribution in [0.5, 0.6) is 0 Å². The number of nitrogens with zero attached hydrogens (tertiary/aromatic N) is 2. The molecule has 0 bridgehead atoms. The maximum Gasteiger partial charge on any atom is 0.358 e. The summed E-state index contributed by atoms with van der Waals surface area (Å²) in [6.07, 6.45) is 2.00. The number of aromatic nitrogens is 2. The van der Waals surface area contributed by atoms with Crippen LogP contribution in [0.15, 0.2) is 29.1 Å². The van der Waals surface area contributed by atoms with E-state index in [1.165, 1.54) is 13.2 Å². The number of carbonyl (C=O) groups excluding carboxylic acids is 1. The smallest absolute Gasteiger partial charge is 0.358 e. The van der Waals surface area contributed by atoms with Gasteiger partial charge in [0, 0.05) is 12.1 Å². The van der Waals surface area contributed by atoms with Crippen molar-refractivity contribution in [1.29, 1.82) is 0 Å². The summed E-state index contributed by atoms with van der Waals surface area (Å²) in [5.41, 5.74) is 10.8. The fourth-order valence-corrected chi connectivity index (χ4v) is 1.38. The van der Waals surface area contributed by atoms with E-state index in [0.29, 0.717) is 10.3 Å². The highest BCUT2D eigenvalue weighted by atomic mass is 79.9. The predicted molar refractivity (Wildman–Crippen MR) is 89.7 cm³/mol. The molecule has 0 atom stereocenters. The van der Waals surface area contributed by atoms with Gasteiger partial charge < -0.3 is 16.2 Å². The average Bonchev–Trinajstić information content (AvgIpc) is 2.43. The highest BCUT2D eigenvalue weighted by Crippen LogP contribution is 2.15. The van der Waals surface area contributed by atoms with Gasteiger partial charge in [0.1, 0.15) is 16.2 Å². The zero-order chi connectivity index (χ0) is 16.0. The number of carbonyl (C=O) groups is 1. The zero-order valence-electron chi connectivity index (χ0n) is 10.8. The molecule has 6 nitrogen and oxygen atoms in total. The first kappa shape index (κ1) is 23.0. The molecule has 0 unspecified atom stereocenters. The Balaban J connectivity index is 0. The Labute approximate surface area is 142 Å². The van der Waals surface area contributed by atoms with Crippen molar-refractivity contribution in [2.24, 2.45) is 0 Å². The largest absolute Gasteiger partial charge is 0.464 e. The van der Waals surface area contributed by atoms with Crippen molar-refractivity contribution in [1.82, 2.24) is 9.97 Å².